The number of benzene rings is 1. The van der Waals surface area contributed by atoms with E-state index in [0.29, 0.717) is 6.54 Å². The molecule has 0 atom stereocenters. The van der Waals surface area contributed by atoms with E-state index >= 15 is 0 Å². The minimum atomic E-state index is 0.0125. The zero-order chi connectivity index (χ0) is 13.4. The van der Waals surface area contributed by atoms with Gasteiger partial charge in [-0.15, -0.1) is 0 Å². The van der Waals surface area contributed by atoms with Gasteiger partial charge in [0.15, 0.2) is 0 Å². The van der Waals surface area contributed by atoms with E-state index in [9.17, 15) is 4.79 Å². The van der Waals surface area contributed by atoms with Gasteiger partial charge in [-0.25, -0.2) is 4.79 Å². The van der Waals surface area contributed by atoms with Crippen LogP contribution in [0.2, 0.25) is 0 Å². The zero-order valence-electron chi connectivity index (χ0n) is 11.1. The molecule has 0 saturated heterocycles. The van der Waals surface area contributed by atoms with E-state index in [1.807, 2.05) is 19.2 Å². The first-order chi connectivity index (χ1) is 8.63. The number of halogens is 1. The molecule has 1 N–H and O–H groups in total. The number of unbranched alkanes of at least 4 members (excludes halogenated alkanes) is 1. The minimum absolute atomic E-state index is 0.0125. The van der Waals surface area contributed by atoms with Gasteiger partial charge < -0.3 is 10.2 Å². The normalized spacial score (nSPS) is 10.2. The maximum absolute atomic E-state index is 11.7. The number of hydrogen-bond acceptors (Lipinski definition) is 1. The Morgan fingerprint density at radius 1 is 1.44 bits per heavy atom. The fourth-order valence-electron chi connectivity index (χ4n) is 1.64. The van der Waals surface area contributed by atoms with Crippen molar-refractivity contribution >= 4 is 22.0 Å². The first kappa shape index (κ1) is 15.0. The zero-order valence-corrected chi connectivity index (χ0v) is 12.7. The molecular weight excluding hydrogens is 292 g/mol. The summed E-state index contributed by atoms with van der Waals surface area (Å²) in [5.74, 6) is 0. The van der Waals surface area contributed by atoms with Crippen LogP contribution in [0.4, 0.5) is 4.79 Å². The molecule has 0 unspecified atom stereocenters. The van der Waals surface area contributed by atoms with Crippen LogP contribution in [0, 0.1) is 0 Å². The Bertz CT molecular complexity index is 382. The molecule has 0 spiro atoms. The fourth-order valence-corrected chi connectivity index (χ4v) is 2.08. The van der Waals surface area contributed by atoms with E-state index in [2.05, 4.69) is 40.3 Å². The highest BCUT2D eigenvalue weighted by atomic mass is 79.9. The van der Waals surface area contributed by atoms with Gasteiger partial charge in [-0.1, -0.05) is 41.4 Å². The Balaban J connectivity index is 2.27. The van der Waals surface area contributed by atoms with Crippen LogP contribution in [-0.4, -0.2) is 31.1 Å². The van der Waals surface area contributed by atoms with Gasteiger partial charge in [-0.3, -0.25) is 0 Å². The average Bonchev–Trinajstić information content (AvgIpc) is 2.35. The van der Waals surface area contributed by atoms with Gasteiger partial charge in [0, 0.05) is 24.6 Å². The Kier molecular flexibility index (Phi) is 6.80. The molecule has 0 aliphatic rings. The quantitative estimate of drug-likeness (QED) is 0.857. The smallest absolute Gasteiger partial charge is 0.317 e. The standard InChI is InChI=1S/C14H21BrN2O/c1-3-4-10-17(2)14(18)16-9-8-12-6-5-7-13(15)11-12/h5-7,11H,3-4,8-10H2,1-2H3,(H,16,18). The number of hydrogen-bond donors (Lipinski definition) is 1. The molecule has 2 amide bonds. The lowest BCUT2D eigenvalue weighted by Crippen LogP contribution is -2.38. The van der Waals surface area contributed by atoms with Crippen LogP contribution in [0.3, 0.4) is 0 Å². The van der Waals surface area contributed by atoms with Crippen molar-refractivity contribution in [2.45, 2.75) is 26.2 Å². The van der Waals surface area contributed by atoms with Gasteiger partial charge in [-0.05, 0) is 30.5 Å². The highest BCUT2D eigenvalue weighted by Gasteiger charge is 2.06. The summed E-state index contributed by atoms with van der Waals surface area (Å²) < 4.78 is 1.08. The predicted molar refractivity (Wildman–Crippen MR) is 78.8 cm³/mol. The SMILES string of the molecule is CCCCN(C)C(=O)NCCc1cccc(Br)c1. The molecule has 0 saturated carbocycles. The number of urea groups is 1. The maximum atomic E-state index is 11.7. The van der Waals surface area contributed by atoms with Crippen LogP contribution < -0.4 is 5.32 Å². The van der Waals surface area contributed by atoms with Gasteiger partial charge >= 0.3 is 6.03 Å². The summed E-state index contributed by atoms with van der Waals surface area (Å²) in [7, 11) is 1.84. The van der Waals surface area contributed by atoms with Crippen molar-refractivity contribution in [1.82, 2.24) is 10.2 Å². The number of rotatable bonds is 6. The molecule has 1 aromatic carbocycles. The number of nitrogens with zero attached hydrogens (tertiary/aromatic N) is 1. The summed E-state index contributed by atoms with van der Waals surface area (Å²) in [6.45, 7) is 3.62. The number of amides is 2. The van der Waals surface area contributed by atoms with Crippen molar-refractivity contribution in [3.8, 4) is 0 Å². The molecule has 3 nitrogen and oxygen atoms in total. The van der Waals surface area contributed by atoms with E-state index in [1.165, 1.54) is 5.56 Å². The Labute approximate surface area is 118 Å². The molecule has 0 fully saturated rings. The Morgan fingerprint density at radius 2 is 2.22 bits per heavy atom. The molecular formula is C14H21BrN2O. The van der Waals surface area contributed by atoms with Gasteiger partial charge in [0.25, 0.3) is 0 Å². The number of nitrogens with one attached hydrogen (secondary N) is 1. The second-order valence-corrected chi connectivity index (χ2v) is 5.30. The second-order valence-electron chi connectivity index (χ2n) is 4.39. The fraction of sp³-hybridized carbons (Fsp3) is 0.500. The summed E-state index contributed by atoms with van der Waals surface area (Å²) in [4.78, 5) is 13.5. The largest absolute Gasteiger partial charge is 0.338 e. The third-order valence-electron chi connectivity index (χ3n) is 2.77. The second kappa shape index (κ2) is 8.14. The molecule has 18 heavy (non-hydrogen) atoms. The first-order valence-electron chi connectivity index (χ1n) is 6.37. The summed E-state index contributed by atoms with van der Waals surface area (Å²) in [5, 5.41) is 2.93. The molecule has 0 aliphatic heterocycles. The van der Waals surface area contributed by atoms with Gasteiger partial charge in [0.05, 0.1) is 0 Å². The molecule has 0 heterocycles. The highest BCUT2D eigenvalue weighted by molar-refractivity contribution is 9.10. The van der Waals surface area contributed by atoms with Crippen LogP contribution in [0.15, 0.2) is 28.7 Å². The van der Waals surface area contributed by atoms with Crippen molar-refractivity contribution < 1.29 is 4.79 Å². The summed E-state index contributed by atoms with van der Waals surface area (Å²) in [6, 6.07) is 8.17. The van der Waals surface area contributed by atoms with Crippen LogP contribution in [-0.2, 0) is 6.42 Å². The highest BCUT2D eigenvalue weighted by Crippen LogP contribution is 2.11. The van der Waals surface area contributed by atoms with Crippen LogP contribution in [0.5, 0.6) is 0 Å². The van der Waals surface area contributed by atoms with Crippen molar-refractivity contribution in [2.75, 3.05) is 20.1 Å². The molecule has 1 rings (SSSR count). The summed E-state index contributed by atoms with van der Waals surface area (Å²) in [6.07, 6.45) is 3.01. The van der Waals surface area contributed by atoms with Crippen molar-refractivity contribution in [3.63, 3.8) is 0 Å². The molecule has 0 aliphatic carbocycles. The number of carbonyl (C=O) groups excluding carboxylic acids is 1. The third-order valence-corrected chi connectivity index (χ3v) is 3.27. The van der Waals surface area contributed by atoms with Crippen molar-refractivity contribution in [3.05, 3.63) is 34.3 Å². The Morgan fingerprint density at radius 3 is 2.89 bits per heavy atom. The monoisotopic (exact) mass is 312 g/mol. The number of carbonyl (C=O) groups is 1. The minimum Gasteiger partial charge on any atom is -0.338 e. The lowest BCUT2D eigenvalue weighted by molar-refractivity contribution is 0.208. The van der Waals surface area contributed by atoms with Gasteiger partial charge in [0.2, 0.25) is 0 Å². The van der Waals surface area contributed by atoms with Crippen molar-refractivity contribution in [2.24, 2.45) is 0 Å². The Hall–Kier alpha value is -1.03. The van der Waals surface area contributed by atoms with Crippen molar-refractivity contribution in [1.29, 1.82) is 0 Å². The van der Waals surface area contributed by atoms with E-state index in [-0.39, 0.29) is 6.03 Å². The molecule has 0 aromatic heterocycles. The van der Waals surface area contributed by atoms with E-state index in [0.717, 1.165) is 30.3 Å². The molecule has 1 aromatic rings. The molecule has 0 radical (unpaired) electrons. The maximum Gasteiger partial charge on any atom is 0.317 e. The average molecular weight is 313 g/mol. The van der Waals surface area contributed by atoms with Crippen LogP contribution in [0.1, 0.15) is 25.3 Å². The van der Waals surface area contributed by atoms with E-state index < -0.39 is 0 Å². The van der Waals surface area contributed by atoms with E-state index in [1.54, 1.807) is 4.90 Å². The molecule has 4 heteroatoms. The topological polar surface area (TPSA) is 32.3 Å². The molecule has 0 bridgehead atoms. The third kappa shape index (κ3) is 5.54. The summed E-state index contributed by atoms with van der Waals surface area (Å²) >= 11 is 3.44. The molecule has 100 valence electrons. The lowest BCUT2D eigenvalue weighted by atomic mass is 10.1. The van der Waals surface area contributed by atoms with Gasteiger partial charge in [-0.2, -0.15) is 0 Å². The van der Waals surface area contributed by atoms with Gasteiger partial charge in [0.1, 0.15) is 0 Å². The summed E-state index contributed by atoms with van der Waals surface area (Å²) in [5.41, 5.74) is 1.22. The lowest BCUT2D eigenvalue weighted by Gasteiger charge is -2.17. The predicted octanol–water partition coefficient (Wildman–Crippen LogP) is 3.43. The first-order valence-corrected chi connectivity index (χ1v) is 7.16. The van der Waals surface area contributed by atoms with E-state index in [4.69, 9.17) is 0 Å². The van der Waals surface area contributed by atoms with Crippen LogP contribution >= 0.6 is 15.9 Å². The van der Waals surface area contributed by atoms with Crippen LogP contribution in [0.25, 0.3) is 0 Å².